The first-order chi connectivity index (χ1) is 1.00. The van der Waals surface area contributed by atoms with Crippen molar-refractivity contribution in [1.29, 1.82) is 0 Å². The molecule has 0 aromatic carbocycles. The SMILES string of the molecule is [B].[O]=[Co].[SnH4]. The fraction of sp³-hybridized carbons (Fsp3) is 0. The number of hydrogen-bond donors (Lipinski definition) is 0. The van der Waals surface area contributed by atoms with Crippen molar-refractivity contribution in [3.05, 3.63) is 0 Å². The molecule has 0 rings (SSSR count). The summed E-state index contributed by atoms with van der Waals surface area (Å²) in [7, 11) is 0. The summed E-state index contributed by atoms with van der Waals surface area (Å²) in [5, 5.41) is 0. The molecule has 4 heavy (non-hydrogen) atoms. The Morgan fingerprint density at radius 1 is 1.25 bits per heavy atom. The molecule has 4 heteroatoms. The van der Waals surface area contributed by atoms with Gasteiger partial charge in [-0.1, -0.05) is 0 Å². The predicted octanol–water partition coefficient (Wildman–Crippen LogP) is -1.95. The van der Waals surface area contributed by atoms with Crippen LogP contribution in [0.5, 0.6) is 0 Å². The molecule has 0 saturated heterocycles. The molecule has 0 aliphatic carbocycles. The van der Waals surface area contributed by atoms with Crippen LogP contribution in [0.25, 0.3) is 0 Å². The number of hydrogen-bond acceptors (Lipinski definition) is 1. The first-order valence-electron chi connectivity index (χ1n) is 0.136. The van der Waals surface area contributed by atoms with Crippen molar-refractivity contribution in [3.63, 3.8) is 0 Å². The van der Waals surface area contributed by atoms with Gasteiger partial charge in [-0.3, -0.25) is 0 Å². The topological polar surface area (TPSA) is 17.1 Å². The van der Waals surface area contributed by atoms with Gasteiger partial charge in [0.05, 0.1) is 0 Å². The summed E-state index contributed by atoms with van der Waals surface area (Å²) in [5.41, 5.74) is 0. The second kappa shape index (κ2) is 30.6. The van der Waals surface area contributed by atoms with E-state index in [2.05, 4.69) is 15.7 Å². The van der Waals surface area contributed by atoms with Gasteiger partial charge < -0.3 is 0 Å². The summed E-state index contributed by atoms with van der Waals surface area (Å²) < 4.78 is 7.94. The molecule has 0 aromatic heterocycles. The summed E-state index contributed by atoms with van der Waals surface area (Å²) in [5.74, 6) is 0. The molecule has 0 N–H and O–H groups in total. The van der Waals surface area contributed by atoms with E-state index in [-0.39, 0.29) is 32.3 Å². The Balaban J connectivity index is -0.00000000500. The molecule has 26 valence electrons. The van der Waals surface area contributed by atoms with Crippen molar-refractivity contribution in [2.45, 2.75) is 0 Å². The first-order valence-corrected chi connectivity index (χ1v) is 0.561. The predicted molar refractivity (Wildman–Crippen MR) is 17.8 cm³/mol. The molecule has 0 aliphatic heterocycles. The minimum absolute atomic E-state index is 0. The maximum absolute atomic E-state index is 7.94. The molecule has 0 spiro atoms. The van der Waals surface area contributed by atoms with E-state index >= 15 is 0 Å². The molecule has 0 unspecified atom stereocenters. The van der Waals surface area contributed by atoms with Gasteiger partial charge in [-0.2, -0.15) is 0 Å². The van der Waals surface area contributed by atoms with Crippen molar-refractivity contribution in [2.75, 3.05) is 0 Å². The Morgan fingerprint density at radius 3 is 1.25 bits per heavy atom. The molecule has 0 amide bonds. The molecular formula is H4BCoOSn. The first kappa shape index (κ1) is 19.1. The molecule has 0 fully saturated rings. The third-order valence-electron chi connectivity index (χ3n) is 0. The Kier molecular flexibility index (Phi) is 146. The monoisotopic (exact) mass is 210 g/mol. The van der Waals surface area contributed by atoms with Crippen LogP contribution in [-0.2, 0) is 19.5 Å². The van der Waals surface area contributed by atoms with E-state index in [0.29, 0.717) is 0 Å². The van der Waals surface area contributed by atoms with Gasteiger partial charge in [-0.05, 0) is 0 Å². The van der Waals surface area contributed by atoms with Crippen LogP contribution >= 0.6 is 0 Å². The van der Waals surface area contributed by atoms with Gasteiger partial charge in [-0.25, -0.2) is 0 Å². The summed E-state index contributed by atoms with van der Waals surface area (Å²) in [6.45, 7) is 0. The second-order valence-electron chi connectivity index (χ2n) is 0. The fourth-order valence-electron chi connectivity index (χ4n) is 0. The van der Waals surface area contributed by atoms with Gasteiger partial charge in [0.15, 0.2) is 0 Å². The van der Waals surface area contributed by atoms with E-state index in [1.807, 2.05) is 0 Å². The van der Waals surface area contributed by atoms with E-state index in [0.717, 1.165) is 0 Å². The Morgan fingerprint density at radius 2 is 1.25 bits per heavy atom. The maximum atomic E-state index is 7.94. The zero-order valence-corrected chi connectivity index (χ0v) is 2.36. The van der Waals surface area contributed by atoms with Gasteiger partial charge in [0.25, 0.3) is 0 Å². The summed E-state index contributed by atoms with van der Waals surface area (Å²) >= 11 is 2.31. The minimum atomic E-state index is 0. The molecule has 0 atom stereocenters. The van der Waals surface area contributed by atoms with Gasteiger partial charge in [0.2, 0.25) is 0 Å². The summed E-state index contributed by atoms with van der Waals surface area (Å²) in [6.07, 6.45) is 0. The summed E-state index contributed by atoms with van der Waals surface area (Å²) in [6, 6.07) is 0. The standard InChI is InChI=1S/B.Co.O.Sn.4H. The van der Waals surface area contributed by atoms with Crippen molar-refractivity contribution in [3.8, 4) is 0 Å². The van der Waals surface area contributed by atoms with Crippen molar-refractivity contribution in [1.82, 2.24) is 0 Å². The van der Waals surface area contributed by atoms with Gasteiger partial charge >= 0.3 is 43.4 Å². The molecule has 0 aromatic rings. The quantitative estimate of drug-likeness (QED) is 0.423. The van der Waals surface area contributed by atoms with Crippen LogP contribution in [0.2, 0.25) is 0 Å². The van der Waals surface area contributed by atoms with Crippen molar-refractivity contribution < 1.29 is 19.5 Å². The van der Waals surface area contributed by atoms with Gasteiger partial charge in [0, 0.05) is 8.41 Å². The normalized spacial score (nSPS) is 1.25. The van der Waals surface area contributed by atoms with Crippen LogP contribution < -0.4 is 0 Å². The Labute approximate surface area is 51.8 Å². The summed E-state index contributed by atoms with van der Waals surface area (Å²) in [4.78, 5) is 0. The molecular weight excluding hydrogens is 204 g/mol. The molecule has 0 heterocycles. The van der Waals surface area contributed by atoms with Crippen LogP contribution in [0.4, 0.5) is 0 Å². The zero-order valence-electron chi connectivity index (χ0n) is 1.32. The molecule has 0 saturated carbocycles. The number of rotatable bonds is 0. The third kappa shape index (κ3) is 10.9. The van der Waals surface area contributed by atoms with Crippen LogP contribution in [0.15, 0.2) is 0 Å². The van der Waals surface area contributed by atoms with Crippen molar-refractivity contribution in [2.24, 2.45) is 0 Å². The molecule has 3 radical (unpaired) electrons. The third-order valence-corrected chi connectivity index (χ3v) is 0. The van der Waals surface area contributed by atoms with Crippen molar-refractivity contribution >= 4 is 32.3 Å². The van der Waals surface area contributed by atoms with E-state index in [9.17, 15) is 0 Å². The van der Waals surface area contributed by atoms with Gasteiger partial charge in [0.1, 0.15) is 0 Å². The molecule has 0 bridgehead atoms. The van der Waals surface area contributed by atoms with Crippen LogP contribution in [0, 0.1) is 0 Å². The van der Waals surface area contributed by atoms with Crippen LogP contribution in [0.1, 0.15) is 0 Å². The fourth-order valence-corrected chi connectivity index (χ4v) is 0. The zero-order chi connectivity index (χ0) is 2.00. The van der Waals surface area contributed by atoms with Crippen LogP contribution in [0.3, 0.4) is 0 Å². The van der Waals surface area contributed by atoms with Gasteiger partial charge in [-0.15, -0.1) is 0 Å². The Hall–Kier alpha value is 1.17. The average molecular weight is 208 g/mol. The second-order valence-corrected chi connectivity index (χ2v) is 0. The van der Waals surface area contributed by atoms with E-state index < -0.39 is 0 Å². The molecule has 1 nitrogen and oxygen atoms in total. The van der Waals surface area contributed by atoms with E-state index in [1.165, 1.54) is 0 Å². The van der Waals surface area contributed by atoms with Crippen LogP contribution in [-0.4, -0.2) is 32.3 Å². The Bertz CT molecular complexity index is 8.00. The molecule has 0 aliphatic rings. The van der Waals surface area contributed by atoms with E-state index in [1.54, 1.807) is 0 Å². The van der Waals surface area contributed by atoms with E-state index in [4.69, 9.17) is 3.87 Å². The average Bonchev–Trinajstić information content (AvgIpc) is 1.00.